The number of carbonyl (C=O) groups excluding carboxylic acids is 2. The van der Waals surface area contributed by atoms with Crippen molar-refractivity contribution in [3.05, 3.63) is 23.3 Å². The fraction of sp³-hybridized carbons (Fsp3) is 0.854. The maximum atomic E-state index is 14.7. The molecule has 0 amide bonds. The molecular formula is C41H65NO10. The van der Waals surface area contributed by atoms with Gasteiger partial charge in [-0.1, -0.05) is 31.6 Å². The van der Waals surface area contributed by atoms with Gasteiger partial charge in [0, 0.05) is 39.2 Å². The normalized spacial score (nSPS) is 45.8. The average Bonchev–Trinajstić information content (AvgIpc) is 3.71. The fourth-order valence-electron chi connectivity index (χ4n) is 10.5. The maximum Gasteiger partial charge on any atom is 0.306 e. The Bertz CT molecular complexity index is 1300. The van der Waals surface area contributed by atoms with Crippen LogP contribution in [0, 0.1) is 35.5 Å². The predicted molar refractivity (Wildman–Crippen MR) is 194 cm³/mol. The molecule has 17 atom stereocenters. The summed E-state index contributed by atoms with van der Waals surface area (Å²) in [6.45, 7) is 10.3. The number of methoxy groups -OCH3 is 3. The average molecular weight is 732 g/mol. The number of hydrogen-bond donors (Lipinski definition) is 1. The van der Waals surface area contributed by atoms with Crippen LogP contribution in [0.2, 0.25) is 0 Å². The van der Waals surface area contributed by atoms with E-state index in [1.165, 1.54) is 5.57 Å². The third kappa shape index (κ3) is 8.13. The standard InChI is InChI=1S/C41H65NO10/c1-10-25-12-11-13-34(52-36-15-14-33(42-6)23(4)48-36)22(3)37(44)32-19-30-28(31(32)20-35(43)50-25)16-21(2)27-17-26(18-29(27)30)51-41-40(47-9)39(46-8)38(45-7)24(5)49-41/h16,19,22-31,33-34,36,38-42H,10-15,17-18,20H2,1-9H3/t22-,23?,24?,25+,26-,27?,28?,29-,30-,31+,33+,34+,36+,38+,39?,40?,41+/m1/s1. The summed E-state index contributed by atoms with van der Waals surface area (Å²) in [5, 5.41) is 3.34. The third-order valence-electron chi connectivity index (χ3n) is 13.4. The molecule has 3 heterocycles. The van der Waals surface area contributed by atoms with Crippen LogP contribution in [-0.2, 0) is 47.5 Å². The van der Waals surface area contributed by atoms with Crippen LogP contribution in [0.1, 0.15) is 92.4 Å². The summed E-state index contributed by atoms with van der Waals surface area (Å²) in [4.78, 5) is 28.2. The van der Waals surface area contributed by atoms with Gasteiger partial charge in [0.15, 0.2) is 18.4 Å². The SMILES string of the molecule is CC[C@H]1CCC[C@H](O[C@H]2CC[C@H](NC)C(C)O2)[C@@H](C)C(=O)C2=C[C@@H]3C(C=C(C)C4C[C@@H](O[C@@H]5OC(C)[C@H](OC)C(OC)C5OC)C[C@H]43)[C@@H]2CC(=O)O1. The maximum absolute atomic E-state index is 14.7. The highest BCUT2D eigenvalue weighted by Gasteiger charge is 2.53. The van der Waals surface area contributed by atoms with Gasteiger partial charge in [0.2, 0.25) is 0 Å². The van der Waals surface area contributed by atoms with E-state index in [0.717, 1.165) is 50.5 Å². The number of allylic oxidation sites excluding steroid dienone is 4. The number of Topliss-reactive ketones (excluding diaryl/α,β-unsaturated/α-hetero) is 1. The van der Waals surface area contributed by atoms with Crippen LogP contribution in [-0.4, -0.2) is 108 Å². The van der Waals surface area contributed by atoms with Crippen LogP contribution >= 0.6 is 0 Å². The Hall–Kier alpha value is -1.70. The van der Waals surface area contributed by atoms with Gasteiger partial charge in [-0.2, -0.15) is 0 Å². The van der Waals surface area contributed by atoms with Crippen molar-refractivity contribution in [1.29, 1.82) is 0 Å². The Morgan fingerprint density at radius 3 is 2.25 bits per heavy atom. The number of fused-ring (bicyclic) bond motifs is 5. The second-order valence-corrected chi connectivity index (χ2v) is 16.3. The van der Waals surface area contributed by atoms with Crippen LogP contribution < -0.4 is 5.32 Å². The van der Waals surface area contributed by atoms with Crippen molar-refractivity contribution in [3.8, 4) is 0 Å². The molecule has 3 aliphatic carbocycles. The molecule has 0 bridgehead atoms. The van der Waals surface area contributed by atoms with E-state index in [9.17, 15) is 9.59 Å². The summed E-state index contributed by atoms with van der Waals surface area (Å²) in [6.07, 6.45) is 8.51. The number of hydrogen-bond acceptors (Lipinski definition) is 11. The highest BCUT2D eigenvalue weighted by molar-refractivity contribution is 5.99. The number of cyclic esters (lactones) is 1. The molecule has 294 valence electrons. The number of likely N-dealkylation sites (N-methyl/N-ethyl adjacent to an activating group) is 1. The largest absolute Gasteiger partial charge is 0.462 e. The molecule has 1 N–H and O–H groups in total. The molecular weight excluding hydrogens is 666 g/mol. The highest BCUT2D eigenvalue weighted by atomic mass is 16.7. The first-order chi connectivity index (χ1) is 25.0. The molecule has 1 saturated carbocycles. The second kappa shape index (κ2) is 17.4. The van der Waals surface area contributed by atoms with E-state index in [-0.39, 0.29) is 103 Å². The minimum absolute atomic E-state index is 0.0225. The molecule has 11 nitrogen and oxygen atoms in total. The van der Waals surface area contributed by atoms with E-state index >= 15 is 0 Å². The first-order valence-electron chi connectivity index (χ1n) is 20.0. The monoisotopic (exact) mass is 731 g/mol. The molecule has 4 fully saturated rings. The summed E-state index contributed by atoms with van der Waals surface area (Å²) >= 11 is 0. The lowest BCUT2D eigenvalue weighted by Crippen LogP contribution is -2.59. The first-order valence-corrected chi connectivity index (χ1v) is 20.0. The fourth-order valence-corrected chi connectivity index (χ4v) is 10.5. The van der Waals surface area contributed by atoms with E-state index in [2.05, 4.69) is 38.2 Å². The predicted octanol–water partition coefficient (Wildman–Crippen LogP) is 5.54. The van der Waals surface area contributed by atoms with Crippen molar-refractivity contribution in [2.45, 2.75) is 160 Å². The van der Waals surface area contributed by atoms with Gasteiger partial charge < -0.3 is 43.2 Å². The molecule has 0 spiro atoms. The molecule has 11 heteroatoms. The summed E-state index contributed by atoms with van der Waals surface area (Å²) < 4.78 is 49.6. The molecule has 6 rings (SSSR count). The molecule has 0 radical (unpaired) electrons. The van der Waals surface area contributed by atoms with Crippen LogP contribution in [0.5, 0.6) is 0 Å². The number of rotatable bonds is 9. The number of esters is 1. The number of ketones is 1. The molecule has 3 saturated heterocycles. The zero-order chi connectivity index (χ0) is 37.3. The lowest BCUT2D eigenvalue weighted by molar-refractivity contribution is -0.314. The lowest BCUT2D eigenvalue weighted by Gasteiger charge is -2.44. The molecule has 0 aromatic carbocycles. The Balaban J connectivity index is 1.23. The minimum atomic E-state index is -0.598. The van der Waals surface area contributed by atoms with Gasteiger partial charge in [-0.15, -0.1) is 0 Å². The van der Waals surface area contributed by atoms with Gasteiger partial charge in [-0.25, -0.2) is 0 Å². The number of nitrogens with one attached hydrogen (secondary N) is 1. The van der Waals surface area contributed by atoms with E-state index in [1.807, 2.05) is 20.9 Å². The molecule has 0 aromatic heterocycles. The van der Waals surface area contributed by atoms with Crippen LogP contribution in [0.25, 0.3) is 0 Å². The van der Waals surface area contributed by atoms with Gasteiger partial charge in [0.25, 0.3) is 0 Å². The van der Waals surface area contributed by atoms with Crippen molar-refractivity contribution >= 4 is 11.8 Å². The number of ether oxygens (including phenoxy) is 8. The van der Waals surface area contributed by atoms with E-state index in [1.54, 1.807) is 21.3 Å². The first kappa shape index (κ1) is 40.0. The Morgan fingerprint density at radius 2 is 1.58 bits per heavy atom. The second-order valence-electron chi connectivity index (χ2n) is 16.3. The van der Waals surface area contributed by atoms with Crippen LogP contribution in [0.15, 0.2) is 23.3 Å². The van der Waals surface area contributed by atoms with Gasteiger partial charge in [-0.3, -0.25) is 9.59 Å². The lowest BCUT2D eigenvalue weighted by atomic mass is 9.67. The van der Waals surface area contributed by atoms with Crippen molar-refractivity contribution in [3.63, 3.8) is 0 Å². The topological polar surface area (TPSA) is 120 Å². The Labute approximate surface area is 311 Å². The zero-order valence-corrected chi connectivity index (χ0v) is 32.9. The van der Waals surface area contributed by atoms with Crippen molar-refractivity contribution < 1.29 is 47.5 Å². The summed E-state index contributed by atoms with van der Waals surface area (Å²) in [5.74, 6) is 0.00809. The third-order valence-corrected chi connectivity index (χ3v) is 13.4. The van der Waals surface area contributed by atoms with Crippen LogP contribution in [0.3, 0.4) is 0 Å². The molecule has 52 heavy (non-hydrogen) atoms. The van der Waals surface area contributed by atoms with Crippen molar-refractivity contribution in [2.75, 3.05) is 28.4 Å². The summed E-state index contributed by atoms with van der Waals surface area (Å²) in [5.41, 5.74) is 2.07. The van der Waals surface area contributed by atoms with Gasteiger partial charge >= 0.3 is 5.97 Å². The van der Waals surface area contributed by atoms with Crippen molar-refractivity contribution in [1.82, 2.24) is 5.32 Å². The Kier molecular flexibility index (Phi) is 13.4. The number of carbonyl (C=O) groups is 2. The van der Waals surface area contributed by atoms with Gasteiger partial charge in [-0.05, 0) is 108 Å². The highest BCUT2D eigenvalue weighted by Crippen LogP contribution is 2.56. The van der Waals surface area contributed by atoms with E-state index < -0.39 is 12.4 Å². The van der Waals surface area contributed by atoms with Crippen molar-refractivity contribution in [2.24, 2.45) is 35.5 Å². The zero-order valence-electron chi connectivity index (χ0n) is 32.9. The molecule has 6 aliphatic rings. The smallest absolute Gasteiger partial charge is 0.306 e. The molecule has 0 aromatic rings. The van der Waals surface area contributed by atoms with Gasteiger partial charge in [0.05, 0.1) is 30.8 Å². The summed E-state index contributed by atoms with van der Waals surface area (Å²) in [6, 6.07) is 0.286. The molecule has 6 unspecified atom stereocenters. The summed E-state index contributed by atoms with van der Waals surface area (Å²) in [7, 11) is 6.95. The van der Waals surface area contributed by atoms with Gasteiger partial charge in [0.1, 0.15) is 24.4 Å². The Morgan fingerprint density at radius 1 is 0.827 bits per heavy atom. The van der Waals surface area contributed by atoms with E-state index in [0.29, 0.717) is 12.3 Å². The quantitative estimate of drug-likeness (QED) is 0.238. The van der Waals surface area contributed by atoms with Crippen LogP contribution in [0.4, 0.5) is 0 Å². The molecule has 3 aliphatic heterocycles. The van der Waals surface area contributed by atoms with E-state index in [4.69, 9.17) is 37.9 Å². The minimum Gasteiger partial charge on any atom is -0.462 e.